The molecule has 1 saturated carbocycles. The largest absolute Gasteiger partial charge is 0.489 e. The van der Waals surface area contributed by atoms with Gasteiger partial charge in [0.1, 0.15) is 23.4 Å². The first-order valence-electron chi connectivity index (χ1n) is 13.5. The number of likely N-dealkylation sites (tertiary alicyclic amines) is 1. The van der Waals surface area contributed by atoms with Crippen LogP contribution in [0.1, 0.15) is 49.3 Å². The van der Waals surface area contributed by atoms with Crippen LogP contribution in [0.5, 0.6) is 5.75 Å². The normalized spacial score (nSPS) is 17.8. The third-order valence-corrected chi connectivity index (χ3v) is 7.66. The van der Waals surface area contributed by atoms with Crippen molar-refractivity contribution in [1.29, 1.82) is 0 Å². The first-order valence-corrected chi connectivity index (χ1v) is 13.8. The number of nitrogens with zero attached hydrogens (tertiary/aromatic N) is 2. The number of aliphatic hydroxyl groups is 1. The fraction of sp³-hybridized carbons (Fsp3) is 0.400. The second kappa shape index (κ2) is 12.3. The average molecular weight is 554 g/mol. The number of halogens is 2. The van der Waals surface area contributed by atoms with Crippen molar-refractivity contribution in [3.8, 4) is 5.75 Å². The van der Waals surface area contributed by atoms with Crippen LogP contribution >= 0.6 is 11.6 Å². The molecule has 3 N–H and O–H groups in total. The molecular formula is C30H33ClFN3O4. The van der Waals surface area contributed by atoms with Crippen LogP contribution in [0, 0.1) is 5.82 Å². The molecule has 39 heavy (non-hydrogen) atoms. The van der Waals surface area contributed by atoms with E-state index in [1.54, 1.807) is 24.3 Å². The minimum Gasteiger partial charge on any atom is -0.489 e. The van der Waals surface area contributed by atoms with Crippen molar-refractivity contribution in [3.63, 3.8) is 0 Å². The molecule has 206 valence electrons. The van der Waals surface area contributed by atoms with Crippen LogP contribution in [0.3, 0.4) is 0 Å². The quantitative estimate of drug-likeness (QED) is 0.171. The zero-order chi connectivity index (χ0) is 27.4. The van der Waals surface area contributed by atoms with Gasteiger partial charge in [0, 0.05) is 13.0 Å². The van der Waals surface area contributed by atoms with Crippen LogP contribution < -0.4 is 10.1 Å². The second-order valence-corrected chi connectivity index (χ2v) is 10.8. The molecular weight excluding hydrogens is 521 g/mol. The van der Waals surface area contributed by atoms with E-state index in [9.17, 15) is 19.5 Å². The summed E-state index contributed by atoms with van der Waals surface area (Å²) in [5.41, 5.74) is 1.47. The Hall–Kier alpha value is -3.20. The number of hydrogen-bond acceptors (Lipinski definition) is 6. The predicted octanol–water partition coefficient (Wildman–Crippen LogP) is 5.25. The summed E-state index contributed by atoms with van der Waals surface area (Å²) in [4.78, 5) is 15.4. The monoisotopic (exact) mass is 553 g/mol. The Labute approximate surface area is 232 Å². The number of benzene rings is 3. The lowest BCUT2D eigenvalue weighted by Gasteiger charge is -2.29. The number of carbonyl (C=O) groups is 1. The molecule has 9 heteroatoms. The zero-order valence-corrected chi connectivity index (χ0v) is 22.4. The maximum Gasteiger partial charge on any atom is 0.269 e. The molecule has 1 heterocycles. The van der Waals surface area contributed by atoms with Gasteiger partial charge in [0.05, 0.1) is 17.2 Å². The lowest BCUT2D eigenvalue weighted by Crippen LogP contribution is -2.48. The molecule has 0 radical (unpaired) electrons. The zero-order valence-electron chi connectivity index (χ0n) is 21.7. The van der Waals surface area contributed by atoms with Gasteiger partial charge in [-0.25, -0.2) is 4.39 Å². The number of rotatable bonds is 11. The summed E-state index contributed by atoms with van der Waals surface area (Å²) < 4.78 is 19.3. The minimum absolute atomic E-state index is 0.0287. The van der Waals surface area contributed by atoms with E-state index in [0.29, 0.717) is 29.3 Å². The van der Waals surface area contributed by atoms with Gasteiger partial charge in [-0.3, -0.25) is 4.79 Å². The number of aliphatic hydroxyl groups excluding tert-OH is 1. The number of fused-ring (bicyclic) bond motifs is 1. The van der Waals surface area contributed by atoms with E-state index >= 15 is 0 Å². The summed E-state index contributed by atoms with van der Waals surface area (Å²) in [6, 6.07) is 14.8. The maximum absolute atomic E-state index is 13.5. The highest BCUT2D eigenvalue weighted by molar-refractivity contribution is 6.38. The Bertz CT molecular complexity index is 1360. The predicted molar refractivity (Wildman–Crippen MR) is 149 cm³/mol. The van der Waals surface area contributed by atoms with Gasteiger partial charge in [-0.1, -0.05) is 47.1 Å². The SMILES string of the molecule is O=C(N[C@H](CN1CCCC1)[C@H](O)c1ccc(OC2CC2)c(Cl)c1)C(CCc1ccc2cc(F)ccc2c1)=NO. The summed E-state index contributed by atoms with van der Waals surface area (Å²) in [7, 11) is 0. The van der Waals surface area contributed by atoms with Crippen LogP contribution in [-0.2, 0) is 11.2 Å². The van der Waals surface area contributed by atoms with Gasteiger partial charge in [-0.15, -0.1) is 0 Å². The van der Waals surface area contributed by atoms with Crippen molar-refractivity contribution in [1.82, 2.24) is 10.2 Å². The number of carbonyl (C=O) groups excluding carboxylic acids is 1. The van der Waals surface area contributed by atoms with Gasteiger partial charge in [-0.05, 0) is 91.4 Å². The highest BCUT2D eigenvalue weighted by Gasteiger charge is 2.29. The fourth-order valence-electron chi connectivity index (χ4n) is 5.01. The van der Waals surface area contributed by atoms with Crippen molar-refractivity contribution in [2.45, 2.75) is 56.8 Å². The molecule has 2 fully saturated rings. The number of ether oxygens (including phenoxy) is 1. The number of amides is 1. The van der Waals surface area contributed by atoms with E-state index in [1.807, 2.05) is 18.2 Å². The van der Waals surface area contributed by atoms with Gasteiger partial charge in [0.2, 0.25) is 0 Å². The highest BCUT2D eigenvalue weighted by atomic mass is 35.5. The third-order valence-electron chi connectivity index (χ3n) is 7.37. The first kappa shape index (κ1) is 27.4. The molecule has 2 aliphatic rings. The Kier molecular flexibility index (Phi) is 8.65. The molecule has 1 aliphatic carbocycles. The summed E-state index contributed by atoms with van der Waals surface area (Å²) in [5, 5.41) is 29.2. The third kappa shape index (κ3) is 7.06. The van der Waals surface area contributed by atoms with Gasteiger partial charge >= 0.3 is 0 Å². The van der Waals surface area contributed by atoms with Crippen molar-refractivity contribution in [3.05, 3.63) is 76.6 Å². The van der Waals surface area contributed by atoms with E-state index in [-0.39, 0.29) is 24.1 Å². The molecule has 2 atom stereocenters. The van der Waals surface area contributed by atoms with Crippen molar-refractivity contribution < 1.29 is 24.2 Å². The Balaban J connectivity index is 1.26. The number of oxime groups is 1. The van der Waals surface area contributed by atoms with Crippen molar-refractivity contribution >= 4 is 34.0 Å². The topological polar surface area (TPSA) is 94.4 Å². The lowest BCUT2D eigenvalue weighted by atomic mass is 10.00. The Morgan fingerprint density at radius 3 is 2.56 bits per heavy atom. The summed E-state index contributed by atoms with van der Waals surface area (Å²) in [6.07, 6.45) is 3.99. The number of hydrogen-bond donors (Lipinski definition) is 3. The number of nitrogens with one attached hydrogen (secondary N) is 1. The minimum atomic E-state index is -1.03. The second-order valence-electron chi connectivity index (χ2n) is 10.4. The molecule has 3 aromatic rings. The van der Waals surface area contributed by atoms with E-state index < -0.39 is 18.1 Å². The van der Waals surface area contributed by atoms with Crippen molar-refractivity contribution in [2.75, 3.05) is 19.6 Å². The summed E-state index contributed by atoms with van der Waals surface area (Å²) >= 11 is 6.44. The first-order chi connectivity index (χ1) is 18.9. The molecule has 1 amide bonds. The molecule has 7 nitrogen and oxygen atoms in total. The molecule has 0 bridgehead atoms. The lowest BCUT2D eigenvalue weighted by molar-refractivity contribution is -0.116. The average Bonchev–Trinajstić information content (AvgIpc) is 3.60. The highest BCUT2D eigenvalue weighted by Crippen LogP contribution is 2.34. The van der Waals surface area contributed by atoms with Crippen LogP contribution in [0.25, 0.3) is 10.8 Å². The van der Waals surface area contributed by atoms with Crippen LogP contribution in [0.4, 0.5) is 4.39 Å². The summed E-state index contributed by atoms with van der Waals surface area (Å²) in [6.45, 7) is 2.23. The standard InChI is InChI=1S/C30H33ClFN3O4/c31-25-17-22(7-12-28(25)39-24-9-10-24)29(36)27(18-35-13-1-2-14-35)33-30(37)26(34-38)11-4-19-3-5-21-16-23(32)8-6-20(21)15-19/h3,5-8,12,15-17,24,27,29,36,38H,1-2,4,9-11,13-14,18H2,(H,33,37)/t27-,29-/m1/s1. The van der Waals surface area contributed by atoms with E-state index in [0.717, 1.165) is 55.1 Å². The fourth-order valence-corrected chi connectivity index (χ4v) is 5.24. The molecule has 1 saturated heterocycles. The van der Waals surface area contributed by atoms with Gasteiger partial charge in [0.25, 0.3) is 5.91 Å². The molecule has 5 rings (SSSR count). The van der Waals surface area contributed by atoms with E-state index in [1.165, 1.54) is 12.1 Å². The van der Waals surface area contributed by atoms with Gasteiger partial charge < -0.3 is 25.3 Å². The summed E-state index contributed by atoms with van der Waals surface area (Å²) in [5.74, 6) is -0.246. The smallest absolute Gasteiger partial charge is 0.269 e. The van der Waals surface area contributed by atoms with Crippen molar-refractivity contribution in [2.24, 2.45) is 5.16 Å². The van der Waals surface area contributed by atoms with E-state index in [2.05, 4.69) is 15.4 Å². The molecule has 0 aromatic heterocycles. The molecule has 3 aromatic carbocycles. The van der Waals surface area contributed by atoms with Gasteiger partial charge in [-0.2, -0.15) is 0 Å². The maximum atomic E-state index is 13.5. The molecule has 1 aliphatic heterocycles. The van der Waals surface area contributed by atoms with Crippen LogP contribution in [0.2, 0.25) is 5.02 Å². The molecule has 0 spiro atoms. The molecule has 0 unspecified atom stereocenters. The number of aryl methyl sites for hydroxylation is 1. The van der Waals surface area contributed by atoms with E-state index in [4.69, 9.17) is 16.3 Å². The Morgan fingerprint density at radius 2 is 1.85 bits per heavy atom. The van der Waals surface area contributed by atoms with Crippen LogP contribution in [0.15, 0.2) is 59.8 Å². The van der Waals surface area contributed by atoms with Gasteiger partial charge in [0.15, 0.2) is 0 Å². The van der Waals surface area contributed by atoms with Crippen LogP contribution in [-0.4, -0.2) is 58.6 Å². The Morgan fingerprint density at radius 1 is 1.10 bits per heavy atom.